The molecule has 0 aliphatic heterocycles. The lowest BCUT2D eigenvalue weighted by atomic mass is 10.3. The molecule has 0 spiro atoms. The molecule has 4 heteroatoms. The monoisotopic (exact) mass is 304 g/mol. The van der Waals surface area contributed by atoms with Gasteiger partial charge in [0, 0.05) is 27.4 Å². The van der Waals surface area contributed by atoms with Crippen molar-refractivity contribution in [2.75, 3.05) is 5.32 Å². The summed E-state index contributed by atoms with van der Waals surface area (Å²) in [6, 6.07) is 9.10. The van der Waals surface area contributed by atoms with Crippen LogP contribution < -0.4 is 5.32 Å². The molecule has 0 radical (unpaired) electrons. The normalized spacial score (nSPS) is 17.2. The fourth-order valence-corrected chi connectivity index (χ4v) is 4.48. The summed E-state index contributed by atoms with van der Waals surface area (Å²) >= 11 is 3.74. The van der Waals surface area contributed by atoms with Gasteiger partial charge in [-0.3, -0.25) is 0 Å². The van der Waals surface area contributed by atoms with E-state index in [0.717, 1.165) is 10.3 Å². The molecule has 1 aromatic heterocycles. The summed E-state index contributed by atoms with van der Waals surface area (Å²) in [6.07, 6.45) is 7.43. The Balaban J connectivity index is 1.58. The van der Waals surface area contributed by atoms with E-state index in [-0.39, 0.29) is 6.04 Å². The number of nitrogens with one attached hydrogen (secondary N) is 1. The van der Waals surface area contributed by atoms with E-state index in [1.807, 2.05) is 23.3 Å². The summed E-state index contributed by atoms with van der Waals surface area (Å²) in [5.74, 6) is 0. The SMILES string of the molecule is CC(Nc1ccc(SC2CCCC2)cc1)c1nccs1. The Morgan fingerprint density at radius 3 is 2.65 bits per heavy atom. The predicted molar refractivity (Wildman–Crippen MR) is 88.7 cm³/mol. The van der Waals surface area contributed by atoms with Gasteiger partial charge in [-0.2, -0.15) is 0 Å². The number of benzene rings is 1. The summed E-state index contributed by atoms with van der Waals surface area (Å²) in [5, 5.41) is 7.50. The van der Waals surface area contributed by atoms with Crippen molar-refractivity contribution < 1.29 is 0 Å². The lowest BCUT2D eigenvalue weighted by molar-refractivity contribution is 0.869. The maximum absolute atomic E-state index is 4.35. The minimum Gasteiger partial charge on any atom is -0.376 e. The van der Waals surface area contributed by atoms with E-state index in [4.69, 9.17) is 0 Å². The highest BCUT2D eigenvalue weighted by Gasteiger charge is 2.16. The maximum atomic E-state index is 4.35. The van der Waals surface area contributed by atoms with Crippen LogP contribution in [0.25, 0.3) is 0 Å². The van der Waals surface area contributed by atoms with Gasteiger partial charge in [0.1, 0.15) is 5.01 Å². The van der Waals surface area contributed by atoms with Crippen molar-refractivity contribution in [3.8, 4) is 0 Å². The molecule has 1 aliphatic rings. The molecule has 1 aromatic carbocycles. The Kier molecular flexibility index (Phi) is 4.63. The standard InChI is InChI=1S/C16H20N2S2/c1-12(16-17-10-11-19-16)18-13-6-8-15(9-7-13)20-14-4-2-3-5-14/h6-12,14,18H,2-5H2,1H3. The zero-order valence-corrected chi connectivity index (χ0v) is 13.3. The van der Waals surface area contributed by atoms with Crippen molar-refractivity contribution in [1.82, 2.24) is 4.98 Å². The van der Waals surface area contributed by atoms with Gasteiger partial charge < -0.3 is 5.32 Å². The highest BCUT2D eigenvalue weighted by Crippen LogP contribution is 2.35. The zero-order valence-electron chi connectivity index (χ0n) is 11.7. The van der Waals surface area contributed by atoms with Crippen molar-refractivity contribution in [1.29, 1.82) is 0 Å². The van der Waals surface area contributed by atoms with Gasteiger partial charge >= 0.3 is 0 Å². The Hall–Kier alpha value is -1.00. The van der Waals surface area contributed by atoms with E-state index in [1.54, 1.807) is 11.3 Å². The first-order valence-corrected chi connectivity index (χ1v) is 9.00. The third-order valence-electron chi connectivity index (χ3n) is 3.66. The lowest BCUT2D eigenvalue weighted by Crippen LogP contribution is -2.05. The maximum Gasteiger partial charge on any atom is 0.115 e. The van der Waals surface area contributed by atoms with Gasteiger partial charge in [0.2, 0.25) is 0 Å². The fourth-order valence-electron chi connectivity index (χ4n) is 2.59. The Bertz CT molecular complexity index is 516. The quantitative estimate of drug-likeness (QED) is 0.806. The van der Waals surface area contributed by atoms with E-state index in [9.17, 15) is 0 Å². The van der Waals surface area contributed by atoms with E-state index in [0.29, 0.717) is 0 Å². The zero-order chi connectivity index (χ0) is 13.8. The minimum absolute atomic E-state index is 0.267. The largest absolute Gasteiger partial charge is 0.376 e. The molecule has 0 bridgehead atoms. The lowest BCUT2D eigenvalue weighted by Gasteiger charge is -2.14. The summed E-state index contributed by atoms with van der Waals surface area (Å²) in [5.41, 5.74) is 1.17. The number of aromatic nitrogens is 1. The van der Waals surface area contributed by atoms with Crippen molar-refractivity contribution in [3.63, 3.8) is 0 Å². The summed E-state index contributed by atoms with van der Waals surface area (Å²) in [7, 11) is 0. The number of hydrogen-bond donors (Lipinski definition) is 1. The van der Waals surface area contributed by atoms with E-state index in [2.05, 4.69) is 41.5 Å². The molecule has 3 rings (SSSR count). The van der Waals surface area contributed by atoms with Crippen LogP contribution in [0.15, 0.2) is 40.7 Å². The van der Waals surface area contributed by atoms with Crippen LogP contribution in [0.3, 0.4) is 0 Å². The Labute approximate surface area is 129 Å². The molecule has 2 nitrogen and oxygen atoms in total. The topological polar surface area (TPSA) is 24.9 Å². The van der Waals surface area contributed by atoms with Crippen LogP contribution in [0.5, 0.6) is 0 Å². The molecule has 20 heavy (non-hydrogen) atoms. The van der Waals surface area contributed by atoms with E-state index in [1.165, 1.54) is 36.3 Å². The van der Waals surface area contributed by atoms with Gasteiger partial charge in [-0.1, -0.05) is 12.8 Å². The molecule has 1 N–H and O–H groups in total. The van der Waals surface area contributed by atoms with Crippen LogP contribution in [-0.2, 0) is 0 Å². The van der Waals surface area contributed by atoms with Crippen LogP contribution in [0, 0.1) is 0 Å². The van der Waals surface area contributed by atoms with Gasteiger partial charge in [0.15, 0.2) is 0 Å². The number of anilines is 1. The number of nitrogens with zero attached hydrogens (tertiary/aromatic N) is 1. The highest BCUT2D eigenvalue weighted by molar-refractivity contribution is 8.00. The molecule has 1 atom stereocenters. The predicted octanol–water partition coefficient (Wildman–Crippen LogP) is 5.35. The van der Waals surface area contributed by atoms with Gasteiger partial charge in [-0.25, -0.2) is 4.98 Å². The molecule has 1 saturated carbocycles. The minimum atomic E-state index is 0.267. The summed E-state index contributed by atoms with van der Waals surface area (Å²) in [6.45, 7) is 2.15. The van der Waals surface area contributed by atoms with Gasteiger partial charge in [-0.15, -0.1) is 23.1 Å². The molecule has 1 fully saturated rings. The molecular weight excluding hydrogens is 284 g/mol. The number of rotatable bonds is 5. The Morgan fingerprint density at radius 2 is 2.00 bits per heavy atom. The second-order valence-electron chi connectivity index (χ2n) is 5.29. The van der Waals surface area contributed by atoms with Gasteiger partial charge in [0.25, 0.3) is 0 Å². The van der Waals surface area contributed by atoms with Crippen LogP contribution in [0.1, 0.15) is 43.7 Å². The summed E-state index contributed by atoms with van der Waals surface area (Å²) in [4.78, 5) is 5.74. The van der Waals surface area contributed by atoms with Crippen molar-refractivity contribution in [3.05, 3.63) is 40.8 Å². The van der Waals surface area contributed by atoms with Gasteiger partial charge in [0.05, 0.1) is 6.04 Å². The van der Waals surface area contributed by atoms with Crippen LogP contribution >= 0.6 is 23.1 Å². The average Bonchev–Trinajstić information content (AvgIpc) is 3.13. The van der Waals surface area contributed by atoms with Gasteiger partial charge in [-0.05, 0) is 44.0 Å². The number of thiazole rings is 1. The first-order chi connectivity index (χ1) is 9.81. The van der Waals surface area contributed by atoms with Crippen LogP contribution in [0.4, 0.5) is 5.69 Å². The van der Waals surface area contributed by atoms with E-state index < -0.39 is 0 Å². The van der Waals surface area contributed by atoms with Crippen molar-refractivity contribution in [2.24, 2.45) is 0 Å². The third kappa shape index (κ3) is 3.55. The molecular formula is C16H20N2S2. The van der Waals surface area contributed by atoms with E-state index >= 15 is 0 Å². The molecule has 1 aliphatic carbocycles. The van der Waals surface area contributed by atoms with Crippen LogP contribution in [-0.4, -0.2) is 10.2 Å². The second kappa shape index (κ2) is 6.64. The van der Waals surface area contributed by atoms with Crippen molar-refractivity contribution in [2.45, 2.75) is 48.8 Å². The van der Waals surface area contributed by atoms with Crippen LogP contribution in [0.2, 0.25) is 0 Å². The number of thioether (sulfide) groups is 1. The highest BCUT2D eigenvalue weighted by atomic mass is 32.2. The molecule has 1 unspecified atom stereocenters. The first kappa shape index (κ1) is 14.0. The smallest absolute Gasteiger partial charge is 0.115 e. The second-order valence-corrected chi connectivity index (χ2v) is 7.58. The molecule has 0 amide bonds. The first-order valence-electron chi connectivity index (χ1n) is 7.24. The van der Waals surface area contributed by atoms with Crippen molar-refractivity contribution >= 4 is 28.8 Å². The molecule has 1 heterocycles. The fraction of sp³-hybridized carbons (Fsp3) is 0.438. The number of hydrogen-bond acceptors (Lipinski definition) is 4. The summed E-state index contributed by atoms with van der Waals surface area (Å²) < 4.78 is 0. The molecule has 0 saturated heterocycles. The average molecular weight is 304 g/mol. The molecule has 2 aromatic rings. The third-order valence-corrected chi connectivity index (χ3v) is 5.97. The molecule has 106 valence electrons. The Morgan fingerprint density at radius 1 is 1.25 bits per heavy atom.